The van der Waals surface area contributed by atoms with Gasteiger partial charge in [0.05, 0.1) is 0 Å². The van der Waals surface area contributed by atoms with Crippen LogP contribution in [0.5, 0.6) is 0 Å². The van der Waals surface area contributed by atoms with Crippen LogP contribution >= 0.6 is 11.8 Å². The van der Waals surface area contributed by atoms with Crippen molar-refractivity contribution in [1.29, 1.82) is 0 Å². The minimum Gasteiger partial charge on any atom is -0.313 e. The number of benzene rings is 2. The van der Waals surface area contributed by atoms with Crippen LogP contribution in [0.2, 0.25) is 0 Å². The van der Waals surface area contributed by atoms with Crippen molar-refractivity contribution >= 4 is 11.8 Å². The Labute approximate surface area is 116 Å². The van der Waals surface area contributed by atoms with Crippen LogP contribution in [0.25, 0.3) is 0 Å². The van der Waals surface area contributed by atoms with E-state index in [1.807, 2.05) is 6.92 Å². The highest BCUT2D eigenvalue weighted by Crippen LogP contribution is 2.32. The maximum Gasteiger partial charge on any atom is 0.137 e. The molecule has 0 unspecified atom stereocenters. The molecule has 0 saturated heterocycles. The highest BCUT2D eigenvalue weighted by molar-refractivity contribution is 7.99. The lowest BCUT2D eigenvalue weighted by atomic mass is 10.2. The van der Waals surface area contributed by atoms with Gasteiger partial charge in [-0.1, -0.05) is 30.8 Å². The smallest absolute Gasteiger partial charge is 0.137 e. The normalized spacial score (nSPS) is 10.7. The first kappa shape index (κ1) is 14.0. The Bertz CT molecular complexity index is 558. The van der Waals surface area contributed by atoms with E-state index >= 15 is 0 Å². The molecule has 0 aromatic heterocycles. The molecule has 1 nitrogen and oxygen atoms in total. The summed E-state index contributed by atoms with van der Waals surface area (Å²) in [6, 6.07) is 11.2. The molecule has 1 N–H and O–H groups in total. The first-order valence-electron chi connectivity index (χ1n) is 6.12. The molecule has 2 aromatic rings. The van der Waals surface area contributed by atoms with E-state index in [1.54, 1.807) is 24.3 Å². The maximum absolute atomic E-state index is 13.6. The minimum atomic E-state index is -0.272. The molecule has 0 atom stereocenters. The summed E-state index contributed by atoms with van der Waals surface area (Å²) in [7, 11) is 0. The number of hydrogen-bond acceptors (Lipinski definition) is 2. The van der Waals surface area contributed by atoms with E-state index in [0.717, 1.165) is 17.0 Å². The Morgan fingerprint density at radius 1 is 1.05 bits per heavy atom. The third-order valence-electron chi connectivity index (χ3n) is 2.64. The van der Waals surface area contributed by atoms with Gasteiger partial charge in [-0.3, -0.25) is 0 Å². The summed E-state index contributed by atoms with van der Waals surface area (Å²) in [6.07, 6.45) is 0. The van der Waals surface area contributed by atoms with Crippen LogP contribution in [0, 0.1) is 11.6 Å². The summed E-state index contributed by atoms with van der Waals surface area (Å²) < 4.78 is 26.9. The van der Waals surface area contributed by atoms with Gasteiger partial charge in [-0.2, -0.15) is 0 Å². The van der Waals surface area contributed by atoms with Crippen LogP contribution in [0.15, 0.2) is 52.3 Å². The molecule has 0 fully saturated rings. The zero-order valence-corrected chi connectivity index (χ0v) is 11.4. The Kier molecular flexibility index (Phi) is 4.93. The minimum absolute atomic E-state index is 0.258. The van der Waals surface area contributed by atoms with Crippen molar-refractivity contribution in [1.82, 2.24) is 5.32 Å². The molecule has 0 bridgehead atoms. The van der Waals surface area contributed by atoms with E-state index in [0.29, 0.717) is 11.4 Å². The van der Waals surface area contributed by atoms with Crippen molar-refractivity contribution in [2.24, 2.45) is 0 Å². The van der Waals surface area contributed by atoms with Gasteiger partial charge in [-0.25, -0.2) is 8.78 Å². The largest absolute Gasteiger partial charge is 0.313 e. The molecule has 0 amide bonds. The summed E-state index contributed by atoms with van der Waals surface area (Å²) in [5.41, 5.74) is 0.843. The van der Waals surface area contributed by atoms with Crippen molar-refractivity contribution < 1.29 is 8.78 Å². The maximum atomic E-state index is 13.6. The van der Waals surface area contributed by atoms with E-state index in [4.69, 9.17) is 0 Å². The van der Waals surface area contributed by atoms with Crippen molar-refractivity contribution in [3.63, 3.8) is 0 Å². The van der Waals surface area contributed by atoms with Gasteiger partial charge in [0.25, 0.3) is 0 Å². The topological polar surface area (TPSA) is 12.0 Å². The molecule has 0 spiro atoms. The third-order valence-corrected chi connectivity index (χ3v) is 3.81. The summed E-state index contributed by atoms with van der Waals surface area (Å²) in [4.78, 5) is 1.42. The van der Waals surface area contributed by atoms with Crippen molar-refractivity contribution in [3.05, 3.63) is 59.7 Å². The van der Waals surface area contributed by atoms with E-state index in [2.05, 4.69) is 5.32 Å². The van der Waals surface area contributed by atoms with Gasteiger partial charge in [-0.15, -0.1) is 0 Å². The number of halogens is 2. The van der Waals surface area contributed by atoms with Gasteiger partial charge >= 0.3 is 0 Å². The molecule has 0 radical (unpaired) electrons. The highest BCUT2D eigenvalue weighted by Gasteiger charge is 2.08. The van der Waals surface area contributed by atoms with E-state index in [-0.39, 0.29) is 11.6 Å². The predicted octanol–water partition coefficient (Wildman–Crippen LogP) is 4.23. The van der Waals surface area contributed by atoms with E-state index < -0.39 is 0 Å². The molecular weight excluding hydrogens is 264 g/mol. The fourth-order valence-corrected chi connectivity index (χ4v) is 2.64. The molecular formula is C15H15F2NS. The monoisotopic (exact) mass is 279 g/mol. The quantitative estimate of drug-likeness (QED) is 0.879. The number of nitrogens with one attached hydrogen (secondary N) is 1. The Balaban J connectivity index is 2.26. The lowest BCUT2D eigenvalue weighted by Gasteiger charge is -2.10. The molecule has 2 aromatic carbocycles. The molecule has 19 heavy (non-hydrogen) atoms. The third kappa shape index (κ3) is 3.78. The van der Waals surface area contributed by atoms with Crippen LogP contribution in [0.3, 0.4) is 0 Å². The summed E-state index contributed by atoms with van der Waals surface area (Å²) in [6.45, 7) is 3.37. The van der Waals surface area contributed by atoms with Gasteiger partial charge in [-0.05, 0) is 42.4 Å². The standard InChI is InChI=1S/C15H15F2NS/c1-2-18-10-11-9-12(16)7-8-14(11)19-15-6-4-3-5-13(15)17/h3-9,18H,2,10H2,1H3. The Morgan fingerprint density at radius 2 is 1.84 bits per heavy atom. The van der Waals surface area contributed by atoms with E-state index in [1.165, 1.54) is 30.0 Å². The zero-order valence-electron chi connectivity index (χ0n) is 10.6. The summed E-state index contributed by atoms with van der Waals surface area (Å²) >= 11 is 1.32. The molecule has 100 valence electrons. The van der Waals surface area contributed by atoms with Crippen molar-refractivity contribution in [2.45, 2.75) is 23.3 Å². The van der Waals surface area contributed by atoms with Crippen LogP contribution in [-0.4, -0.2) is 6.54 Å². The molecule has 2 rings (SSSR count). The average Bonchev–Trinajstić information content (AvgIpc) is 2.41. The lowest BCUT2D eigenvalue weighted by Crippen LogP contribution is -2.12. The molecule has 0 aliphatic heterocycles. The van der Waals surface area contributed by atoms with Crippen LogP contribution < -0.4 is 5.32 Å². The summed E-state index contributed by atoms with van der Waals surface area (Å²) in [5, 5.41) is 3.16. The van der Waals surface area contributed by atoms with E-state index in [9.17, 15) is 8.78 Å². The molecule has 0 heterocycles. The van der Waals surface area contributed by atoms with Gasteiger partial charge in [0.15, 0.2) is 0 Å². The molecule has 0 saturated carbocycles. The Morgan fingerprint density at radius 3 is 2.58 bits per heavy atom. The second-order valence-corrected chi connectivity index (χ2v) is 5.15. The Hall–Kier alpha value is -1.39. The first-order valence-corrected chi connectivity index (χ1v) is 6.94. The fourth-order valence-electron chi connectivity index (χ4n) is 1.69. The second-order valence-electron chi connectivity index (χ2n) is 4.06. The SMILES string of the molecule is CCNCc1cc(F)ccc1Sc1ccccc1F. The summed E-state index contributed by atoms with van der Waals surface area (Å²) in [5.74, 6) is -0.531. The number of hydrogen-bond donors (Lipinski definition) is 1. The van der Waals surface area contributed by atoms with Crippen LogP contribution in [-0.2, 0) is 6.54 Å². The lowest BCUT2D eigenvalue weighted by molar-refractivity contribution is 0.601. The van der Waals surface area contributed by atoms with Crippen LogP contribution in [0.4, 0.5) is 8.78 Å². The average molecular weight is 279 g/mol. The second kappa shape index (κ2) is 6.68. The molecule has 0 aliphatic rings. The van der Waals surface area contributed by atoms with Gasteiger partial charge < -0.3 is 5.32 Å². The zero-order chi connectivity index (χ0) is 13.7. The van der Waals surface area contributed by atoms with Gasteiger partial charge in [0, 0.05) is 16.3 Å². The molecule has 4 heteroatoms. The highest BCUT2D eigenvalue weighted by atomic mass is 32.2. The predicted molar refractivity (Wildman–Crippen MR) is 74.3 cm³/mol. The van der Waals surface area contributed by atoms with Gasteiger partial charge in [0.1, 0.15) is 11.6 Å². The van der Waals surface area contributed by atoms with Crippen molar-refractivity contribution in [3.8, 4) is 0 Å². The van der Waals surface area contributed by atoms with Crippen LogP contribution in [0.1, 0.15) is 12.5 Å². The van der Waals surface area contributed by atoms with Gasteiger partial charge in [0.2, 0.25) is 0 Å². The molecule has 0 aliphatic carbocycles. The fraction of sp³-hybridized carbons (Fsp3) is 0.200. The van der Waals surface area contributed by atoms with Crippen molar-refractivity contribution in [2.75, 3.05) is 6.54 Å². The number of rotatable bonds is 5. The first-order chi connectivity index (χ1) is 9.20.